The molecule has 8 nitrogen and oxygen atoms in total. The second kappa shape index (κ2) is 8.92. The van der Waals surface area contributed by atoms with E-state index in [0.29, 0.717) is 38.3 Å². The molecule has 0 bridgehead atoms. The van der Waals surface area contributed by atoms with Crippen LogP contribution in [0.15, 0.2) is 24.3 Å². The van der Waals surface area contributed by atoms with E-state index in [2.05, 4.69) is 22.5 Å². The largest absolute Gasteiger partial charge is 0.326 e. The van der Waals surface area contributed by atoms with Crippen molar-refractivity contribution in [2.75, 3.05) is 44.7 Å². The van der Waals surface area contributed by atoms with Gasteiger partial charge in [-0.05, 0) is 37.0 Å². The van der Waals surface area contributed by atoms with Crippen LogP contribution in [0.2, 0.25) is 0 Å². The van der Waals surface area contributed by atoms with Crippen molar-refractivity contribution in [3.63, 3.8) is 0 Å². The van der Waals surface area contributed by atoms with E-state index in [9.17, 15) is 18.8 Å². The average molecular weight is 432 g/mol. The summed E-state index contributed by atoms with van der Waals surface area (Å²) in [5.41, 5.74) is -0.292. The first-order valence-electron chi connectivity index (χ1n) is 11.0. The molecule has 168 valence electrons. The van der Waals surface area contributed by atoms with Gasteiger partial charge in [0.1, 0.15) is 11.4 Å². The topological polar surface area (TPSA) is 85.0 Å². The van der Waals surface area contributed by atoms with Crippen LogP contribution in [0.3, 0.4) is 0 Å². The maximum atomic E-state index is 13.3. The molecule has 4 rings (SSSR count). The Morgan fingerprint density at radius 3 is 2.65 bits per heavy atom. The predicted molar refractivity (Wildman–Crippen MR) is 114 cm³/mol. The summed E-state index contributed by atoms with van der Waals surface area (Å²) in [7, 11) is 0. The molecule has 0 unspecified atom stereocenters. The molecule has 3 aliphatic rings. The fourth-order valence-corrected chi connectivity index (χ4v) is 4.88. The van der Waals surface area contributed by atoms with Crippen molar-refractivity contribution in [3.05, 3.63) is 30.1 Å². The van der Waals surface area contributed by atoms with Gasteiger partial charge in [0.2, 0.25) is 5.91 Å². The molecular formula is C22H30FN5O3. The molecule has 4 amide bonds. The van der Waals surface area contributed by atoms with Gasteiger partial charge in [-0.2, -0.15) is 0 Å². The van der Waals surface area contributed by atoms with Crippen molar-refractivity contribution in [1.29, 1.82) is 0 Å². The quantitative estimate of drug-likeness (QED) is 0.695. The number of hydrogen-bond acceptors (Lipinski definition) is 5. The van der Waals surface area contributed by atoms with E-state index in [1.165, 1.54) is 17.0 Å². The van der Waals surface area contributed by atoms with E-state index in [1.54, 1.807) is 12.1 Å². The first kappa shape index (κ1) is 21.7. The molecule has 1 spiro atoms. The summed E-state index contributed by atoms with van der Waals surface area (Å²) in [5, 5.41) is 5.70. The maximum Gasteiger partial charge on any atom is 0.326 e. The molecule has 2 N–H and O–H groups in total. The lowest BCUT2D eigenvalue weighted by atomic mass is 9.73. The second-order valence-electron chi connectivity index (χ2n) is 8.88. The zero-order valence-corrected chi connectivity index (χ0v) is 17.9. The van der Waals surface area contributed by atoms with Gasteiger partial charge in [0.15, 0.2) is 0 Å². The number of carbonyl (C=O) groups is 3. The Bertz CT molecular complexity index is 857. The van der Waals surface area contributed by atoms with Crippen molar-refractivity contribution in [1.82, 2.24) is 20.0 Å². The van der Waals surface area contributed by atoms with E-state index in [4.69, 9.17) is 0 Å². The molecule has 0 aromatic heterocycles. The lowest BCUT2D eigenvalue weighted by Gasteiger charge is -2.38. The highest BCUT2D eigenvalue weighted by Gasteiger charge is 2.55. The molecule has 1 aliphatic carbocycles. The van der Waals surface area contributed by atoms with Crippen LogP contribution in [0.25, 0.3) is 0 Å². The van der Waals surface area contributed by atoms with Gasteiger partial charge in [-0.15, -0.1) is 0 Å². The van der Waals surface area contributed by atoms with Gasteiger partial charge in [-0.1, -0.05) is 25.8 Å². The number of anilines is 1. The summed E-state index contributed by atoms with van der Waals surface area (Å²) in [6.07, 6.45) is 3.72. The molecule has 0 radical (unpaired) electrons. The van der Waals surface area contributed by atoms with Crippen molar-refractivity contribution < 1.29 is 18.8 Å². The van der Waals surface area contributed by atoms with E-state index in [0.717, 1.165) is 19.3 Å². The highest BCUT2D eigenvalue weighted by Crippen LogP contribution is 2.38. The summed E-state index contributed by atoms with van der Waals surface area (Å²) in [6, 6.07) is 5.52. The van der Waals surface area contributed by atoms with Crippen molar-refractivity contribution in [3.8, 4) is 0 Å². The number of benzene rings is 1. The summed E-state index contributed by atoms with van der Waals surface area (Å²) < 4.78 is 13.3. The van der Waals surface area contributed by atoms with Gasteiger partial charge in [0.05, 0.1) is 13.2 Å². The molecule has 31 heavy (non-hydrogen) atoms. The average Bonchev–Trinajstić information content (AvgIpc) is 2.96. The first-order valence-corrected chi connectivity index (χ1v) is 11.0. The fraction of sp³-hybridized carbons (Fsp3) is 0.591. The summed E-state index contributed by atoms with van der Waals surface area (Å²) in [6.45, 7) is 5.17. The van der Waals surface area contributed by atoms with Gasteiger partial charge in [-0.3, -0.25) is 19.4 Å². The highest BCUT2D eigenvalue weighted by atomic mass is 19.1. The van der Waals surface area contributed by atoms with E-state index < -0.39 is 11.4 Å². The molecular weight excluding hydrogens is 401 g/mol. The normalized spacial score (nSPS) is 27.5. The molecule has 9 heteroatoms. The van der Waals surface area contributed by atoms with Crippen LogP contribution in [0.1, 0.15) is 32.6 Å². The minimum Gasteiger partial charge on any atom is -0.325 e. The minimum atomic E-state index is -0.730. The zero-order chi connectivity index (χ0) is 22.0. The Balaban J connectivity index is 1.26. The number of nitrogens with zero attached hydrogens (tertiary/aromatic N) is 3. The van der Waals surface area contributed by atoms with Crippen LogP contribution in [0.5, 0.6) is 0 Å². The lowest BCUT2D eigenvalue weighted by Crippen LogP contribution is -2.55. The monoisotopic (exact) mass is 431 g/mol. The van der Waals surface area contributed by atoms with E-state index >= 15 is 0 Å². The van der Waals surface area contributed by atoms with Crippen molar-refractivity contribution in [2.45, 2.75) is 38.1 Å². The Labute approximate surface area is 181 Å². The van der Waals surface area contributed by atoms with Crippen LogP contribution in [-0.4, -0.2) is 77.5 Å². The molecule has 1 aromatic rings. The van der Waals surface area contributed by atoms with Gasteiger partial charge < -0.3 is 10.6 Å². The number of carbonyl (C=O) groups excluding carboxylic acids is 3. The molecule has 2 heterocycles. The standard InChI is InChI=1S/C22H30FN5O3/c1-16-5-2-3-8-22(16)20(30)28(21(31)25-22)15-27-11-9-26(10-12-27)14-19(29)24-18-7-4-6-17(23)13-18/h4,6-7,13,16H,2-3,5,8-12,14-15H2,1H3,(H,24,29)(H,25,31)/t16-,22+/m1/s1. The molecule has 1 aromatic carbocycles. The van der Waals surface area contributed by atoms with E-state index in [1.807, 2.05) is 4.90 Å². The van der Waals surface area contributed by atoms with E-state index in [-0.39, 0.29) is 37.0 Å². The van der Waals surface area contributed by atoms with Crippen LogP contribution < -0.4 is 10.6 Å². The zero-order valence-electron chi connectivity index (χ0n) is 17.9. The Kier molecular flexibility index (Phi) is 6.24. The lowest BCUT2D eigenvalue weighted by molar-refractivity contribution is -0.136. The van der Waals surface area contributed by atoms with Crippen LogP contribution in [-0.2, 0) is 9.59 Å². The van der Waals surface area contributed by atoms with Crippen LogP contribution >= 0.6 is 0 Å². The number of amides is 4. The molecule has 2 saturated heterocycles. The SMILES string of the molecule is C[C@@H]1CCCC[C@]12NC(=O)N(CN1CCN(CC(=O)Nc3cccc(F)c3)CC1)C2=O. The predicted octanol–water partition coefficient (Wildman–Crippen LogP) is 1.84. The van der Waals surface area contributed by atoms with Crippen molar-refractivity contribution in [2.24, 2.45) is 5.92 Å². The number of halogens is 1. The summed E-state index contributed by atoms with van der Waals surface area (Å²) in [5.74, 6) is -0.532. The maximum absolute atomic E-state index is 13.3. The Morgan fingerprint density at radius 2 is 1.94 bits per heavy atom. The molecule has 3 fully saturated rings. The summed E-state index contributed by atoms with van der Waals surface area (Å²) in [4.78, 5) is 43.4. The van der Waals surface area contributed by atoms with Gasteiger partial charge >= 0.3 is 6.03 Å². The number of piperazine rings is 1. The number of urea groups is 1. The molecule has 2 aliphatic heterocycles. The fourth-order valence-electron chi connectivity index (χ4n) is 4.88. The van der Waals surface area contributed by atoms with Crippen molar-refractivity contribution >= 4 is 23.5 Å². The van der Waals surface area contributed by atoms with Gasteiger partial charge in [0, 0.05) is 31.9 Å². The molecule has 1 saturated carbocycles. The number of nitrogens with one attached hydrogen (secondary N) is 2. The first-order chi connectivity index (χ1) is 14.9. The second-order valence-corrected chi connectivity index (χ2v) is 8.88. The van der Waals surface area contributed by atoms with Crippen LogP contribution in [0.4, 0.5) is 14.9 Å². The Morgan fingerprint density at radius 1 is 1.19 bits per heavy atom. The highest BCUT2D eigenvalue weighted by molar-refractivity contribution is 6.07. The van der Waals surface area contributed by atoms with Gasteiger partial charge in [-0.25, -0.2) is 14.1 Å². The third-order valence-corrected chi connectivity index (χ3v) is 6.78. The number of rotatable bonds is 5. The molecule has 2 atom stereocenters. The minimum absolute atomic E-state index is 0.0957. The van der Waals surface area contributed by atoms with Gasteiger partial charge in [0.25, 0.3) is 5.91 Å². The Hall–Kier alpha value is -2.52. The smallest absolute Gasteiger partial charge is 0.325 e. The third-order valence-electron chi connectivity index (χ3n) is 6.78. The van der Waals surface area contributed by atoms with Crippen LogP contribution in [0, 0.1) is 11.7 Å². The number of hydrogen-bond donors (Lipinski definition) is 2. The summed E-state index contributed by atoms with van der Waals surface area (Å²) >= 11 is 0. The third kappa shape index (κ3) is 4.57. The number of imide groups is 1.